The van der Waals surface area contributed by atoms with Gasteiger partial charge in [-0.3, -0.25) is 9.59 Å². The molecular weight excluding hydrogens is 350 g/mol. The quantitative estimate of drug-likeness (QED) is 0.669. The van der Waals surface area contributed by atoms with Crippen LogP contribution in [0.2, 0.25) is 0 Å². The van der Waals surface area contributed by atoms with Gasteiger partial charge in [0.1, 0.15) is 11.4 Å². The molecule has 0 radical (unpaired) electrons. The van der Waals surface area contributed by atoms with Crippen molar-refractivity contribution in [3.05, 3.63) is 89.7 Å². The van der Waals surface area contributed by atoms with Crippen LogP contribution >= 0.6 is 0 Å². The van der Waals surface area contributed by atoms with Gasteiger partial charge < -0.3 is 9.80 Å². The van der Waals surface area contributed by atoms with Crippen LogP contribution in [-0.4, -0.2) is 30.4 Å². The lowest BCUT2D eigenvalue weighted by Crippen LogP contribution is -2.32. The zero-order valence-corrected chi connectivity index (χ0v) is 16.3. The molecule has 3 rings (SSSR count). The molecular formula is C23H23N3O2. The number of amides is 2. The molecule has 0 aliphatic heterocycles. The Bertz CT molecular complexity index is 986. The normalized spacial score (nSPS) is 10.4. The molecule has 0 aliphatic rings. The van der Waals surface area contributed by atoms with E-state index in [1.807, 2.05) is 68.4 Å². The summed E-state index contributed by atoms with van der Waals surface area (Å²) in [5.74, 6) is -0.496. The van der Waals surface area contributed by atoms with E-state index in [0.29, 0.717) is 6.54 Å². The summed E-state index contributed by atoms with van der Waals surface area (Å²) in [5.41, 5.74) is 3.13. The van der Waals surface area contributed by atoms with Crippen LogP contribution in [0.15, 0.2) is 72.8 Å². The fourth-order valence-corrected chi connectivity index (χ4v) is 2.99. The lowest BCUT2D eigenvalue weighted by molar-refractivity contribution is 0.0981. The lowest BCUT2D eigenvalue weighted by atomic mass is 10.2. The van der Waals surface area contributed by atoms with E-state index in [1.54, 1.807) is 30.1 Å². The maximum absolute atomic E-state index is 13.0. The van der Waals surface area contributed by atoms with E-state index in [2.05, 4.69) is 4.98 Å². The SMILES string of the molecule is CCN(C(=O)c1cccc(C(=O)N(C)c2ccccc2)n1)c1cccc(C)c1. The lowest BCUT2D eigenvalue weighted by Gasteiger charge is -2.21. The number of hydrogen-bond acceptors (Lipinski definition) is 3. The molecule has 0 bridgehead atoms. The second kappa shape index (κ2) is 8.48. The molecule has 0 unspecified atom stereocenters. The van der Waals surface area contributed by atoms with Gasteiger partial charge in [0, 0.05) is 25.0 Å². The molecule has 142 valence electrons. The molecule has 1 aromatic heterocycles. The highest BCUT2D eigenvalue weighted by molar-refractivity contribution is 6.07. The summed E-state index contributed by atoms with van der Waals surface area (Å²) >= 11 is 0. The molecule has 3 aromatic rings. The predicted octanol–water partition coefficient (Wildman–Crippen LogP) is 4.33. The number of benzene rings is 2. The van der Waals surface area contributed by atoms with Gasteiger partial charge in [0.15, 0.2) is 0 Å². The van der Waals surface area contributed by atoms with Crippen LogP contribution in [0.5, 0.6) is 0 Å². The first kappa shape index (κ1) is 19.3. The Balaban J connectivity index is 1.87. The van der Waals surface area contributed by atoms with Crippen LogP contribution in [0.1, 0.15) is 33.5 Å². The van der Waals surface area contributed by atoms with Crippen LogP contribution in [0, 0.1) is 6.92 Å². The second-order valence-electron chi connectivity index (χ2n) is 6.50. The fourth-order valence-electron chi connectivity index (χ4n) is 2.99. The standard InChI is InChI=1S/C23H23N3O2/c1-4-26(19-13-8-10-17(2)16-19)23(28)21-15-9-14-20(24-21)22(27)25(3)18-11-6-5-7-12-18/h5-16H,4H2,1-3H3. The van der Waals surface area contributed by atoms with Crippen molar-refractivity contribution in [1.29, 1.82) is 0 Å². The minimum Gasteiger partial charge on any atom is -0.310 e. The van der Waals surface area contributed by atoms with Crippen molar-refractivity contribution >= 4 is 23.2 Å². The number of carbonyl (C=O) groups excluding carboxylic acids is 2. The van der Waals surface area contributed by atoms with Crippen molar-refractivity contribution in [3.8, 4) is 0 Å². The third-order valence-corrected chi connectivity index (χ3v) is 4.51. The van der Waals surface area contributed by atoms with Gasteiger partial charge in [0.2, 0.25) is 0 Å². The van der Waals surface area contributed by atoms with Gasteiger partial charge in [-0.05, 0) is 55.8 Å². The number of pyridine rings is 1. The number of anilines is 2. The van der Waals surface area contributed by atoms with Crippen molar-refractivity contribution < 1.29 is 9.59 Å². The van der Waals surface area contributed by atoms with Crippen LogP contribution in [-0.2, 0) is 0 Å². The fraction of sp³-hybridized carbons (Fsp3) is 0.174. The molecule has 2 amide bonds. The van der Waals surface area contributed by atoms with Crippen molar-refractivity contribution in [2.45, 2.75) is 13.8 Å². The summed E-state index contributed by atoms with van der Waals surface area (Å²) in [6, 6.07) is 22.0. The highest BCUT2D eigenvalue weighted by Crippen LogP contribution is 2.19. The number of hydrogen-bond donors (Lipinski definition) is 0. The zero-order chi connectivity index (χ0) is 20.1. The average Bonchev–Trinajstić information content (AvgIpc) is 2.74. The van der Waals surface area contributed by atoms with E-state index < -0.39 is 0 Å². The molecule has 0 saturated carbocycles. The Morgan fingerprint density at radius 1 is 0.821 bits per heavy atom. The van der Waals surface area contributed by atoms with Gasteiger partial charge in [0.25, 0.3) is 11.8 Å². The summed E-state index contributed by atoms with van der Waals surface area (Å²) in [7, 11) is 1.69. The number of nitrogens with zero attached hydrogens (tertiary/aromatic N) is 3. The summed E-state index contributed by atoms with van der Waals surface area (Å²) in [6.07, 6.45) is 0. The average molecular weight is 373 g/mol. The smallest absolute Gasteiger partial charge is 0.276 e. The topological polar surface area (TPSA) is 53.5 Å². The minimum absolute atomic E-state index is 0.231. The molecule has 2 aromatic carbocycles. The Morgan fingerprint density at radius 2 is 1.43 bits per heavy atom. The van der Waals surface area contributed by atoms with E-state index in [-0.39, 0.29) is 23.2 Å². The maximum Gasteiger partial charge on any atom is 0.276 e. The molecule has 1 heterocycles. The number of aryl methyl sites for hydroxylation is 1. The third kappa shape index (κ3) is 4.09. The van der Waals surface area contributed by atoms with Crippen molar-refractivity contribution in [2.24, 2.45) is 0 Å². The summed E-state index contributed by atoms with van der Waals surface area (Å²) < 4.78 is 0. The van der Waals surface area contributed by atoms with Crippen LogP contribution in [0.3, 0.4) is 0 Å². The summed E-state index contributed by atoms with van der Waals surface area (Å²) in [6.45, 7) is 4.41. The van der Waals surface area contributed by atoms with Crippen molar-refractivity contribution in [3.63, 3.8) is 0 Å². The molecule has 5 heteroatoms. The van der Waals surface area contributed by atoms with Crippen LogP contribution in [0.4, 0.5) is 11.4 Å². The monoisotopic (exact) mass is 373 g/mol. The molecule has 0 atom stereocenters. The maximum atomic E-state index is 13.0. The highest BCUT2D eigenvalue weighted by Gasteiger charge is 2.21. The summed E-state index contributed by atoms with van der Waals surface area (Å²) in [4.78, 5) is 33.4. The van der Waals surface area contributed by atoms with E-state index >= 15 is 0 Å². The minimum atomic E-state index is -0.264. The first-order valence-corrected chi connectivity index (χ1v) is 9.20. The molecule has 0 fully saturated rings. The third-order valence-electron chi connectivity index (χ3n) is 4.51. The Labute approximate surface area is 165 Å². The van der Waals surface area contributed by atoms with Gasteiger partial charge in [-0.2, -0.15) is 0 Å². The van der Waals surface area contributed by atoms with Crippen LogP contribution in [0.25, 0.3) is 0 Å². The number of rotatable bonds is 5. The van der Waals surface area contributed by atoms with Crippen molar-refractivity contribution in [2.75, 3.05) is 23.4 Å². The Kier molecular flexibility index (Phi) is 5.84. The zero-order valence-electron chi connectivity index (χ0n) is 16.3. The Hall–Kier alpha value is -3.47. The molecule has 28 heavy (non-hydrogen) atoms. The largest absolute Gasteiger partial charge is 0.310 e. The first-order valence-electron chi connectivity index (χ1n) is 9.20. The second-order valence-corrected chi connectivity index (χ2v) is 6.50. The van der Waals surface area contributed by atoms with Crippen molar-refractivity contribution in [1.82, 2.24) is 4.98 Å². The molecule has 0 spiro atoms. The van der Waals surface area contributed by atoms with Gasteiger partial charge in [-0.1, -0.05) is 36.4 Å². The van der Waals surface area contributed by atoms with E-state index in [0.717, 1.165) is 16.9 Å². The molecule has 0 N–H and O–H groups in total. The number of aromatic nitrogens is 1. The van der Waals surface area contributed by atoms with Gasteiger partial charge >= 0.3 is 0 Å². The van der Waals surface area contributed by atoms with Gasteiger partial charge in [-0.15, -0.1) is 0 Å². The van der Waals surface area contributed by atoms with E-state index in [9.17, 15) is 9.59 Å². The summed E-state index contributed by atoms with van der Waals surface area (Å²) in [5, 5.41) is 0. The molecule has 5 nitrogen and oxygen atoms in total. The molecule has 0 aliphatic carbocycles. The first-order chi connectivity index (χ1) is 13.5. The number of para-hydroxylation sites is 1. The highest BCUT2D eigenvalue weighted by atomic mass is 16.2. The Morgan fingerprint density at radius 3 is 2.07 bits per heavy atom. The molecule has 0 saturated heterocycles. The van der Waals surface area contributed by atoms with E-state index in [1.165, 1.54) is 4.90 Å². The van der Waals surface area contributed by atoms with E-state index in [4.69, 9.17) is 0 Å². The number of carbonyl (C=O) groups is 2. The van der Waals surface area contributed by atoms with Gasteiger partial charge in [-0.25, -0.2) is 4.98 Å². The van der Waals surface area contributed by atoms with Crippen LogP contribution < -0.4 is 9.80 Å². The van der Waals surface area contributed by atoms with Gasteiger partial charge in [0.05, 0.1) is 0 Å². The predicted molar refractivity (Wildman–Crippen MR) is 112 cm³/mol.